The molecule has 0 aliphatic heterocycles. The smallest absolute Gasteiger partial charge is 0 e. The Labute approximate surface area is 172 Å². The van der Waals surface area contributed by atoms with Crippen LogP contribution in [-0.2, 0) is 0 Å². The molecule has 3 rings (SSSR count). The molecular weight excluding hydrogens is 328 g/mol. The standard InChI is InChI=1S/C26H44.H2O.2H2/c1-3-4-5-6-22-9-11-23(12-10-22)13-14-24-15-19-26(20-16-24)25-17-7-21(2)8-18-25;;;/h3-4,13-14,21-26H,5-12,15-20H2,1-2H3;1H2;2*1H/b4-3+,14-13+;;;. The van der Waals surface area contributed by atoms with E-state index >= 15 is 0 Å². The third kappa shape index (κ3) is 7.41. The van der Waals surface area contributed by atoms with Gasteiger partial charge in [0.2, 0.25) is 0 Å². The van der Waals surface area contributed by atoms with Crippen LogP contribution in [0.15, 0.2) is 24.3 Å². The van der Waals surface area contributed by atoms with Gasteiger partial charge in [0.1, 0.15) is 0 Å². The fourth-order valence-electron chi connectivity index (χ4n) is 6.05. The first-order valence-electron chi connectivity index (χ1n) is 12.0. The van der Waals surface area contributed by atoms with E-state index in [9.17, 15) is 0 Å². The van der Waals surface area contributed by atoms with Crippen molar-refractivity contribution >= 4 is 0 Å². The minimum absolute atomic E-state index is 0. The van der Waals surface area contributed by atoms with Gasteiger partial charge in [0, 0.05) is 2.85 Å². The summed E-state index contributed by atoms with van der Waals surface area (Å²) in [5.41, 5.74) is 0. The van der Waals surface area contributed by atoms with Crippen LogP contribution >= 0.6 is 0 Å². The lowest BCUT2D eigenvalue weighted by molar-refractivity contribution is 0.160. The van der Waals surface area contributed by atoms with Gasteiger partial charge in [-0.05, 0) is 119 Å². The number of hydrogen-bond acceptors (Lipinski definition) is 0. The molecule has 3 saturated carbocycles. The van der Waals surface area contributed by atoms with E-state index in [1.165, 1.54) is 89.9 Å². The van der Waals surface area contributed by atoms with E-state index < -0.39 is 0 Å². The molecule has 0 spiro atoms. The first-order valence-corrected chi connectivity index (χ1v) is 12.0. The lowest BCUT2D eigenvalue weighted by Gasteiger charge is -2.36. The average molecular weight is 379 g/mol. The average Bonchev–Trinajstić information content (AvgIpc) is 2.69. The van der Waals surface area contributed by atoms with Gasteiger partial charge in [-0.25, -0.2) is 0 Å². The van der Waals surface area contributed by atoms with E-state index in [2.05, 4.69) is 38.2 Å². The summed E-state index contributed by atoms with van der Waals surface area (Å²) in [7, 11) is 0. The molecule has 0 aromatic rings. The summed E-state index contributed by atoms with van der Waals surface area (Å²) in [6, 6.07) is 0. The zero-order chi connectivity index (χ0) is 18.2. The molecule has 0 atom stereocenters. The van der Waals surface area contributed by atoms with Crippen molar-refractivity contribution in [2.75, 3.05) is 0 Å². The van der Waals surface area contributed by atoms with E-state index in [0.717, 1.165) is 35.5 Å². The molecule has 0 saturated heterocycles. The zero-order valence-electron chi connectivity index (χ0n) is 18.2. The second kappa shape index (κ2) is 12.1. The molecule has 3 fully saturated rings. The Hall–Kier alpha value is -0.560. The molecular formula is C26H50O. The van der Waals surface area contributed by atoms with E-state index in [1.807, 2.05) is 0 Å². The minimum atomic E-state index is 0. The molecule has 0 bridgehead atoms. The second-order valence-electron chi connectivity index (χ2n) is 10.0. The highest BCUT2D eigenvalue weighted by molar-refractivity contribution is 4.97. The third-order valence-corrected chi connectivity index (χ3v) is 8.07. The summed E-state index contributed by atoms with van der Waals surface area (Å²) in [5.74, 6) is 5.95. The Morgan fingerprint density at radius 3 is 1.70 bits per heavy atom. The van der Waals surface area contributed by atoms with Crippen LogP contribution in [0, 0.1) is 35.5 Å². The molecule has 0 amide bonds. The molecule has 0 aromatic carbocycles. The van der Waals surface area contributed by atoms with Crippen molar-refractivity contribution in [3.8, 4) is 0 Å². The topological polar surface area (TPSA) is 31.5 Å². The maximum atomic E-state index is 2.64. The van der Waals surface area contributed by atoms with Crippen LogP contribution < -0.4 is 0 Å². The molecule has 0 aromatic heterocycles. The lowest BCUT2D eigenvalue weighted by Crippen LogP contribution is -2.24. The highest BCUT2D eigenvalue weighted by atomic mass is 16.0. The molecule has 3 aliphatic rings. The number of rotatable bonds is 6. The first-order chi connectivity index (χ1) is 12.7. The van der Waals surface area contributed by atoms with Crippen LogP contribution in [0.2, 0.25) is 0 Å². The van der Waals surface area contributed by atoms with Crippen molar-refractivity contribution in [3.05, 3.63) is 24.3 Å². The molecule has 27 heavy (non-hydrogen) atoms. The SMILES string of the molecule is C/C=C/CCC1CCC(/C=C/C2CCC(C3CCC(C)CC3)CC2)CC1.O.[HH].[HH]. The van der Waals surface area contributed by atoms with Gasteiger partial charge in [0.05, 0.1) is 0 Å². The molecule has 160 valence electrons. The van der Waals surface area contributed by atoms with Crippen LogP contribution in [0.25, 0.3) is 0 Å². The van der Waals surface area contributed by atoms with Crippen molar-refractivity contribution in [2.24, 2.45) is 35.5 Å². The van der Waals surface area contributed by atoms with E-state index in [-0.39, 0.29) is 8.33 Å². The van der Waals surface area contributed by atoms with Crippen molar-refractivity contribution in [3.63, 3.8) is 0 Å². The summed E-state index contributed by atoms with van der Waals surface area (Å²) in [6.07, 6.45) is 30.5. The number of hydrogen-bond donors (Lipinski definition) is 0. The Kier molecular flexibility index (Phi) is 10.2. The molecule has 0 heterocycles. The second-order valence-corrected chi connectivity index (χ2v) is 10.0. The van der Waals surface area contributed by atoms with Gasteiger partial charge in [0.25, 0.3) is 0 Å². The van der Waals surface area contributed by atoms with Gasteiger partial charge in [-0.1, -0.05) is 44.1 Å². The highest BCUT2D eigenvalue weighted by Crippen LogP contribution is 2.42. The van der Waals surface area contributed by atoms with E-state index in [1.54, 1.807) is 0 Å². The summed E-state index contributed by atoms with van der Waals surface area (Å²) in [5, 5.41) is 0. The molecule has 0 radical (unpaired) electrons. The van der Waals surface area contributed by atoms with Gasteiger partial charge < -0.3 is 5.48 Å². The van der Waals surface area contributed by atoms with Crippen molar-refractivity contribution < 1.29 is 8.33 Å². The lowest BCUT2D eigenvalue weighted by atomic mass is 9.69. The fourth-order valence-corrected chi connectivity index (χ4v) is 6.05. The van der Waals surface area contributed by atoms with Gasteiger partial charge >= 0.3 is 0 Å². The zero-order valence-corrected chi connectivity index (χ0v) is 18.2. The summed E-state index contributed by atoms with van der Waals surface area (Å²) in [6.45, 7) is 4.60. The largest absolute Gasteiger partial charge is 0.412 e. The maximum absolute atomic E-state index is 2.64. The highest BCUT2D eigenvalue weighted by Gasteiger charge is 2.29. The van der Waals surface area contributed by atoms with Crippen molar-refractivity contribution in [2.45, 2.75) is 104 Å². The monoisotopic (exact) mass is 378 g/mol. The molecule has 1 nitrogen and oxygen atoms in total. The molecule has 2 N–H and O–H groups in total. The normalized spacial score (nSPS) is 38.1. The maximum Gasteiger partial charge on any atom is 0 e. The van der Waals surface area contributed by atoms with Crippen LogP contribution in [0.3, 0.4) is 0 Å². The molecule has 0 unspecified atom stereocenters. The van der Waals surface area contributed by atoms with Crippen molar-refractivity contribution in [1.29, 1.82) is 0 Å². The third-order valence-electron chi connectivity index (χ3n) is 8.07. The molecule has 1 heteroatoms. The van der Waals surface area contributed by atoms with Crippen LogP contribution in [0.1, 0.15) is 107 Å². The van der Waals surface area contributed by atoms with Crippen molar-refractivity contribution in [1.82, 2.24) is 0 Å². The Bertz CT molecular complexity index is 438. The Balaban J connectivity index is 0.00000261. The van der Waals surface area contributed by atoms with E-state index in [4.69, 9.17) is 0 Å². The quantitative estimate of drug-likeness (QED) is 0.419. The first kappa shape index (κ1) is 22.7. The fraction of sp³-hybridized carbons (Fsp3) is 0.846. The van der Waals surface area contributed by atoms with Crippen LogP contribution in [-0.4, -0.2) is 5.48 Å². The summed E-state index contributed by atoms with van der Waals surface area (Å²) < 4.78 is 0. The predicted octanol–water partition coefficient (Wildman–Crippen LogP) is 8.01. The van der Waals surface area contributed by atoms with Crippen LogP contribution in [0.4, 0.5) is 0 Å². The Morgan fingerprint density at radius 1 is 0.704 bits per heavy atom. The van der Waals surface area contributed by atoms with Gasteiger partial charge in [0.15, 0.2) is 0 Å². The molecule has 3 aliphatic carbocycles. The van der Waals surface area contributed by atoms with Crippen LogP contribution in [0.5, 0.6) is 0 Å². The summed E-state index contributed by atoms with van der Waals surface area (Å²) >= 11 is 0. The Morgan fingerprint density at radius 2 is 1.19 bits per heavy atom. The minimum Gasteiger partial charge on any atom is -0.412 e. The van der Waals surface area contributed by atoms with E-state index in [0.29, 0.717) is 0 Å². The number of allylic oxidation sites excluding steroid dienone is 4. The van der Waals surface area contributed by atoms with Gasteiger partial charge in [-0.3, -0.25) is 0 Å². The summed E-state index contributed by atoms with van der Waals surface area (Å²) in [4.78, 5) is 0. The van der Waals surface area contributed by atoms with Gasteiger partial charge in [-0.2, -0.15) is 0 Å². The predicted molar refractivity (Wildman–Crippen MR) is 123 cm³/mol. The van der Waals surface area contributed by atoms with Gasteiger partial charge in [-0.15, -0.1) is 0 Å².